The first-order valence-electron chi connectivity index (χ1n) is 8.70. The summed E-state index contributed by atoms with van der Waals surface area (Å²) in [6.45, 7) is -0.164. The average molecular weight is 300 g/mol. The topological polar surface area (TPSA) is 37.3 Å². The maximum Gasteiger partial charge on any atom is 0.303 e. The lowest BCUT2D eigenvalue weighted by Gasteiger charge is -1.99. The van der Waals surface area contributed by atoms with Gasteiger partial charge in [0, 0.05) is 6.42 Å². The number of hydrogen-bond donors (Lipinski definition) is 1. The van der Waals surface area contributed by atoms with Crippen molar-refractivity contribution in [2.45, 2.75) is 89.9 Å². The molecule has 0 unspecified atom stereocenters. The summed E-state index contributed by atoms with van der Waals surface area (Å²) in [5.74, 6) is -0.680. The fraction of sp³-hybridized carbons (Fsp3) is 0.833. The van der Waals surface area contributed by atoms with E-state index in [4.69, 9.17) is 5.11 Å². The van der Waals surface area contributed by atoms with Gasteiger partial charge in [0.15, 0.2) is 0 Å². The van der Waals surface area contributed by atoms with Gasteiger partial charge in [-0.15, -0.1) is 0 Å². The Morgan fingerprint density at radius 3 is 1.62 bits per heavy atom. The molecule has 1 N–H and O–H groups in total. The highest BCUT2D eigenvalue weighted by molar-refractivity contribution is 5.66. The van der Waals surface area contributed by atoms with Gasteiger partial charge >= 0.3 is 5.97 Å². The van der Waals surface area contributed by atoms with Crippen molar-refractivity contribution in [2.75, 3.05) is 6.67 Å². The Balaban J connectivity index is 3.07. The summed E-state index contributed by atoms with van der Waals surface area (Å²) in [6, 6.07) is 0. The lowest BCUT2D eigenvalue weighted by molar-refractivity contribution is -0.137. The van der Waals surface area contributed by atoms with Crippen molar-refractivity contribution in [2.24, 2.45) is 0 Å². The van der Waals surface area contributed by atoms with Crippen molar-refractivity contribution in [3.05, 3.63) is 12.2 Å². The number of carbonyl (C=O) groups is 1. The van der Waals surface area contributed by atoms with Crippen LogP contribution in [0.4, 0.5) is 4.39 Å². The van der Waals surface area contributed by atoms with Crippen molar-refractivity contribution < 1.29 is 14.3 Å². The number of carboxylic acids is 1. The molecule has 0 heterocycles. The normalized spacial score (nSPS) is 11.3. The van der Waals surface area contributed by atoms with Crippen LogP contribution in [0.1, 0.15) is 89.9 Å². The molecular formula is C18H33FO2. The van der Waals surface area contributed by atoms with Gasteiger partial charge in [-0.1, -0.05) is 57.1 Å². The van der Waals surface area contributed by atoms with Crippen LogP contribution in [0.15, 0.2) is 12.2 Å². The van der Waals surface area contributed by atoms with Gasteiger partial charge in [-0.05, 0) is 38.5 Å². The molecule has 124 valence electrons. The number of alkyl halides is 1. The van der Waals surface area contributed by atoms with E-state index < -0.39 is 5.97 Å². The van der Waals surface area contributed by atoms with E-state index in [1.807, 2.05) is 0 Å². The van der Waals surface area contributed by atoms with E-state index in [2.05, 4.69) is 12.2 Å². The van der Waals surface area contributed by atoms with Crippen molar-refractivity contribution in [3.63, 3.8) is 0 Å². The quantitative estimate of drug-likeness (QED) is 0.278. The van der Waals surface area contributed by atoms with Gasteiger partial charge in [0.05, 0.1) is 6.67 Å². The molecule has 21 heavy (non-hydrogen) atoms. The molecule has 0 amide bonds. The average Bonchev–Trinajstić information content (AvgIpc) is 2.46. The summed E-state index contributed by atoms with van der Waals surface area (Å²) in [5.41, 5.74) is 0. The Hall–Kier alpha value is -0.860. The molecular weight excluding hydrogens is 267 g/mol. The van der Waals surface area contributed by atoms with Gasteiger partial charge < -0.3 is 5.11 Å². The van der Waals surface area contributed by atoms with Crippen molar-refractivity contribution in [1.29, 1.82) is 0 Å². The molecule has 3 heteroatoms. The Morgan fingerprint density at radius 2 is 1.14 bits per heavy atom. The highest BCUT2D eigenvalue weighted by Gasteiger charge is 1.95. The van der Waals surface area contributed by atoms with E-state index in [0.717, 1.165) is 38.5 Å². The van der Waals surface area contributed by atoms with Gasteiger partial charge in [0.2, 0.25) is 0 Å². The second kappa shape index (κ2) is 17.2. The third-order valence-corrected chi connectivity index (χ3v) is 3.68. The molecule has 0 aliphatic heterocycles. The summed E-state index contributed by atoms with van der Waals surface area (Å²) >= 11 is 0. The highest BCUT2D eigenvalue weighted by atomic mass is 19.1. The first kappa shape index (κ1) is 20.1. The fourth-order valence-electron chi connectivity index (χ4n) is 2.37. The SMILES string of the molecule is O=C(O)CCCCCCC/C=C\CCCCCCCCF. The van der Waals surface area contributed by atoms with Crippen molar-refractivity contribution in [1.82, 2.24) is 0 Å². The largest absolute Gasteiger partial charge is 0.481 e. The molecule has 0 fully saturated rings. The molecule has 0 aromatic heterocycles. The second-order valence-electron chi connectivity index (χ2n) is 5.77. The van der Waals surface area contributed by atoms with Crippen LogP contribution in [0.5, 0.6) is 0 Å². The summed E-state index contributed by atoms with van der Waals surface area (Å²) in [6.07, 6.45) is 19.3. The summed E-state index contributed by atoms with van der Waals surface area (Å²) in [5, 5.41) is 8.50. The highest BCUT2D eigenvalue weighted by Crippen LogP contribution is 2.10. The lowest BCUT2D eigenvalue weighted by atomic mass is 10.1. The zero-order valence-corrected chi connectivity index (χ0v) is 13.5. The maximum absolute atomic E-state index is 11.9. The predicted molar refractivity (Wildman–Crippen MR) is 87.4 cm³/mol. The Labute approximate surface area is 129 Å². The minimum Gasteiger partial charge on any atom is -0.481 e. The summed E-state index contributed by atoms with van der Waals surface area (Å²) < 4.78 is 11.9. The van der Waals surface area contributed by atoms with E-state index in [0.29, 0.717) is 6.42 Å². The number of aliphatic carboxylic acids is 1. The van der Waals surface area contributed by atoms with Crippen LogP contribution in [0.2, 0.25) is 0 Å². The summed E-state index contributed by atoms with van der Waals surface area (Å²) in [7, 11) is 0. The lowest BCUT2D eigenvalue weighted by Crippen LogP contribution is -1.93. The minimum atomic E-state index is -0.680. The standard InChI is InChI=1S/C18H33FO2/c19-17-15-13-11-9-7-5-3-1-2-4-6-8-10-12-14-16-18(20)21/h1-2H,3-17H2,(H,20,21)/b2-1-. The van der Waals surface area contributed by atoms with Crippen LogP contribution in [0.25, 0.3) is 0 Å². The molecule has 0 saturated carbocycles. The molecule has 0 spiro atoms. The van der Waals surface area contributed by atoms with E-state index in [1.165, 1.54) is 44.9 Å². The minimum absolute atomic E-state index is 0.164. The molecule has 0 aromatic carbocycles. The third-order valence-electron chi connectivity index (χ3n) is 3.68. The van der Waals surface area contributed by atoms with Crippen LogP contribution in [-0.4, -0.2) is 17.8 Å². The molecule has 0 aromatic rings. The number of halogens is 1. The van der Waals surface area contributed by atoms with E-state index in [-0.39, 0.29) is 6.67 Å². The van der Waals surface area contributed by atoms with E-state index in [1.54, 1.807) is 0 Å². The number of unbranched alkanes of at least 4 members (excludes halogenated alkanes) is 11. The molecule has 0 radical (unpaired) electrons. The van der Waals surface area contributed by atoms with Gasteiger partial charge in [-0.2, -0.15) is 0 Å². The first-order chi connectivity index (χ1) is 10.3. The number of allylic oxidation sites excluding steroid dienone is 2. The van der Waals surface area contributed by atoms with Gasteiger partial charge in [-0.3, -0.25) is 9.18 Å². The zero-order chi connectivity index (χ0) is 15.6. The van der Waals surface area contributed by atoms with Crippen LogP contribution in [-0.2, 0) is 4.79 Å². The molecule has 2 nitrogen and oxygen atoms in total. The van der Waals surface area contributed by atoms with E-state index in [9.17, 15) is 9.18 Å². The Morgan fingerprint density at radius 1 is 0.714 bits per heavy atom. The first-order valence-corrected chi connectivity index (χ1v) is 8.70. The molecule has 0 saturated heterocycles. The smallest absolute Gasteiger partial charge is 0.303 e. The monoisotopic (exact) mass is 300 g/mol. The molecule has 0 aliphatic rings. The number of carboxylic acid groups (broad SMARTS) is 1. The second-order valence-corrected chi connectivity index (χ2v) is 5.77. The van der Waals surface area contributed by atoms with Gasteiger partial charge in [0.1, 0.15) is 0 Å². The molecule has 0 atom stereocenters. The van der Waals surface area contributed by atoms with Crippen molar-refractivity contribution >= 4 is 5.97 Å². The molecule has 0 aliphatic carbocycles. The Kier molecular flexibility index (Phi) is 16.5. The zero-order valence-electron chi connectivity index (χ0n) is 13.5. The Bertz CT molecular complexity index is 252. The number of hydrogen-bond acceptors (Lipinski definition) is 1. The molecule has 0 bridgehead atoms. The van der Waals surface area contributed by atoms with Crippen LogP contribution in [0.3, 0.4) is 0 Å². The van der Waals surface area contributed by atoms with Crippen LogP contribution in [0, 0.1) is 0 Å². The van der Waals surface area contributed by atoms with Gasteiger partial charge in [-0.25, -0.2) is 0 Å². The fourth-order valence-corrected chi connectivity index (χ4v) is 2.37. The van der Waals surface area contributed by atoms with Crippen LogP contribution >= 0.6 is 0 Å². The maximum atomic E-state index is 11.9. The molecule has 0 rings (SSSR count). The van der Waals surface area contributed by atoms with Crippen LogP contribution < -0.4 is 0 Å². The predicted octanol–water partition coefficient (Wildman–Crippen LogP) is 6.06. The van der Waals surface area contributed by atoms with Crippen molar-refractivity contribution in [3.8, 4) is 0 Å². The summed E-state index contributed by atoms with van der Waals surface area (Å²) in [4.78, 5) is 10.3. The third kappa shape index (κ3) is 19.1. The van der Waals surface area contributed by atoms with E-state index >= 15 is 0 Å². The van der Waals surface area contributed by atoms with Gasteiger partial charge in [0.25, 0.3) is 0 Å². The number of rotatable bonds is 16.